The van der Waals surface area contributed by atoms with Gasteiger partial charge < -0.3 is 5.53 Å². The minimum atomic E-state index is -4.06. The molecular formula is C9H10N2O4S2. The molecule has 0 aliphatic heterocycles. The van der Waals surface area contributed by atoms with Crippen LogP contribution in [0, 0.1) is 6.92 Å². The molecule has 1 aromatic carbocycles. The molecule has 0 N–H and O–H groups in total. The normalized spacial score (nSPS) is 11.9. The van der Waals surface area contributed by atoms with Gasteiger partial charge in [-0.15, -0.1) is 0 Å². The van der Waals surface area contributed by atoms with Crippen LogP contribution in [0.1, 0.15) is 5.56 Å². The van der Waals surface area contributed by atoms with Crippen LogP contribution in [0.25, 0.3) is 5.53 Å². The van der Waals surface area contributed by atoms with E-state index in [1.807, 2.05) is 0 Å². The smallest absolute Gasteiger partial charge is 0.361 e. The number of hydrogen-bond donors (Lipinski definition) is 0. The molecule has 0 fully saturated rings. The fourth-order valence-electron chi connectivity index (χ4n) is 1.26. The molecule has 17 heavy (non-hydrogen) atoms. The maximum Gasteiger partial charge on any atom is 0.374 e. The second-order valence-electron chi connectivity index (χ2n) is 3.49. The lowest BCUT2D eigenvalue weighted by atomic mass is 10.2. The van der Waals surface area contributed by atoms with Gasteiger partial charge >= 0.3 is 5.55 Å². The molecule has 0 heterocycles. The minimum Gasteiger partial charge on any atom is -0.361 e. The van der Waals surface area contributed by atoms with Gasteiger partial charge in [0, 0.05) is 6.26 Å². The molecule has 0 saturated heterocycles. The van der Waals surface area contributed by atoms with Gasteiger partial charge in [0.25, 0.3) is 9.84 Å². The molecular weight excluding hydrogens is 264 g/mol. The molecule has 0 aromatic heterocycles. The fourth-order valence-corrected chi connectivity index (χ4v) is 3.73. The number of benzene rings is 1. The maximum atomic E-state index is 11.6. The van der Waals surface area contributed by atoms with Gasteiger partial charge in [-0.25, -0.2) is 16.8 Å². The first-order valence-corrected chi connectivity index (χ1v) is 7.85. The Labute approximate surface area is 99.4 Å². The molecule has 0 bridgehead atoms. The Bertz CT molecular complexity index is 699. The highest BCUT2D eigenvalue weighted by Crippen LogP contribution is 2.22. The highest BCUT2D eigenvalue weighted by molar-refractivity contribution is 8.04. The molecule has 0 spiro atoms. The predicted octanol–water partition coefficient (Wildman–Crippen LogP) is 0.430. The van der Waals surface area contributed by atoms with Crippen LogP contribution in [0.3, 0.4) is 0 Å². The second-order valence-corrected chi connectivity index (χ2v) is 7.21. The quantitative estimate of drug-likeness (QED) is 0.345. The summed E-state index contributed by atoms with van der Waals surface area (Å²) in [6.45, 7) is 1.64. The van der Waals surface area contributed by atoms with Crippen molar-refractivity contribution in [2.75, 3.05) is 6.26 Å². The van der Waals surface area contributed by atoms with Crippen molar-refractivity contribution in [2.45, 2.75) is 16.7 Å². The molecule has 92 valence electrons. The summed E-state index contributed by atoms with van der Waals surface area (Å²) < 4.78 is 46.2. The highest BCUT2D eigenvalue weighted by Gasteiger charge is 2.25. The Balaban J connectivity index is 3.74. The average Bonchev–Trinajstić information content (AvgIpc) is 2.15. The van der Waals surface area contributed by atoms with E-state index < -0.39 is 24.6 Å². The first-order valence-electron chi connectivity index (χ1n) is 4.42. The van der Waals surface area contributed by atoms with Crippen molar-refractivity contribution in [3.05, 3.63) is 29.3 Å². The topological polar surface area (TPSA) is 105 Å². The van der Waals surface area contributed by atoms with E-state index in [9.17, 15) is 16.8 Å². The van der Waals surface area contributed by atoms with E-state index in [0.29, 0.717) is 11.1 Å². The van der Waals surface area contributed by atoms with Crippen LogP contribution < -0.4 is 0 Å². The number of nitrogens with zero attached hydrogens (tertiary/aromatic N) is 2. The maximum absolute atomic E-state index is 11.6. The van der Waals surface area contributed by atoms with Gasteiger partial charge in [-0.1, -0.05) is 6.07 Å². The van der Waals surface area contributed by atoms with Gasteiger partial charge in [0.2, 0.25) is 0 Å². The van der Waals surface area contributed by atoms with Crippen molar-refractivity contribution < 1.29 is 21.6 Å². The molecule has 0 saturated carbocycles. The zero-order chi connectivity index (χ0) is 13.3. The van der Waals surface area contributed by atoms with Gasteiger partial charge in [-0.05, 0) is 24.6 Å². The van der Waals surface area contributed by atoms with E-state index in [2.05, 4.69) is 4.79 Å². The largest absolute Gasteiger partial charge is 0.374 e. The fraction of sp³-hybridized carbons (Fsp3) is 0.222. The van der Waals surface area contributed by atoms with Crippen LogP contribution in [0.2, 0.25) is 0 Å². The molecule has 0 aliphatic rings. The lowest BCUT2D eigenvalue weighted by Gasteiger charge is -2.05. The monoisotopic (exact) mass is 274 g/mol. The zero-order valence-electron chi connectivity index (χ0n) is 9.15. The number of aryl methyl sites for hydroxylation is 1. The van der Waals surface area contributed by atoms with Crippen LogP contribution in [0.5, 0.6) is 0 Å². The Hall–Kier alpha value is -1.50. The van der Waals surface area contributed by atoms with Crippen molar-refractivity contribution in [3.8, 4) is 0 Å². The summed E-state index contributed by atoms with van der Waals surface area (Å²) in [4.78, 5) is 1.71. The van der Waals surface area contributed by atoms with Gasteiger partial charge in [0.05, 0.1) is 9.79 Å². The number of sulfone groups is 2. The summed E-state index contributed by atoms with van der Waals surface area (Å²) in [7, 11) is -7.74. The SMILES string of the molecule is Cc1ccc(S(=O)(=O)C=[N+]=[N-])c(S(C)(=O)=O)c1. The molecule has 0 atom stereocenters. The Morgan fingerprint density at radius 1 is 1.18 bits per heavy atom. The average molecular weight is 274 g/mol. The van der Waals surface area contributed by atoms with E-state index in [1.54, 1.807) is 6.92 Å². The molecule has 0 amide bonds. The van der Waals surface area contributed by atoms with Gasteiger partial charge in [-0.2, -0.15) is 4.79 Å². The van der Waals surface area contributed by atoms with Gasteiger partial charge in [-0.3, -0.25) is 0 Å². The summed E-state index contributed by atoms with van der Waals surface area (Å²) in [5.74, 6) is 0. The minimum absolute atomic E-state index is 0.298. The number of hydrogen-bond acceptors (Lipinski definition) is 4. The van der Waals surface area contributed by atoms with Crippen LogP contribution in [-0.2, 0) is 19.7 Å². The van der Waals surface area contributed by atoms with Crippen LogP contribution in [0.4, 0.5) is 0 Å². The molecule has 8 heteroatoms. The van der Waals surface area contributed by atoms with Crippen molar-refractivity contribution >= 4 is 25.2 Å². The van der Waals surface area contributed by atoms with E-state index in [1.165, 1.54) is 18.2 Å². The standard InChI is InChI=1S/C9H10N2O4S2/c1-7-3-4-8(17(14,15)6-11-10)9(5-7)16(2,12)13/h3-6H,1-2H3. The van der Waals surface area contributed by atoms with Gasteiger partial charge in [0.1, 0.15) is 0 Å². The summed E-state index contributed by atoms with van der Waals surface area (Å²) in [6.07, 6.45) is 0.914. The third-order valence-corrected chi connectivity index (χ3v) is 4.60. The Morgan fingerprint density at radius 3 is 2.24 bits per heavy atom. The molecule has 1 rings (SSSR count). The van der Waals surface area contributed by atoms with Crippen molar-refractivity contribution in [3.63, 3.8) is 0 Å². The van der Waals surface area contributed by atoms with Crippen LogP contribution in [-0.4, -0.2) is 33.4 Å². The number of rotatable bonds is 3. The summed E-state index contributed by atoms with van der Waals surface area (Å²) in [6, 6.07) is 3.89. The lowest BCUT2D eigenvalue weighted by Crippen LogP contribution is -2.10. The molecule has 0 radical (unpaired) electrons. The third kappa shape index (κ3) is 3.00. The van der Waals surface area contributed by atoms with Crippen molar-refractivity contribution in [2.24, 2.45) is 0 Å². The zero-order valence-corrected chi connectivity index (χ0v) is 10.8. The van der Waals surface area contributed by atoms with Crippen LogP contribution >= 0.6 is 0 Å². The predicted molar refractivity (Wildman–Crippen MR) is 61.2 cm³/mol. The summed E-state index contributed by atoms with van der Waals surface area (Å²) in [5, 5.41) is 0. The molecule has 6 nitrogen and oxygen atoms in total. The summed E-state index contributed by atoms with van der Waals surface area (Å²) in [5.41, 5.74) is 9.17. The molecule has 0 aliphatic carbocycles. The first kappa shape index (κ1) is 13.6. The Morgan fingerprint density at radius 2 is 1.76 bits per heavy atom. The highest BCUT2D eigenvalue weighted by atomic mass is 32.2. The van der Waals surface area contributed by atoms with E-state index in [0.717, 1.165) is 6.26 Å². The lowest BCUT2D eigenvalue weighted by molar-refractivity contribution is 0.00753. The van der Waals surface area contributed by atoms with Crippen LogP contribution in [0.15, 0.2) is 28.0 Å². The summed E-state index contributed by atoms with van der Waals surface area (Å²) >= 11 is 0. The third-order valence-electron chi connectivity index (χ3n) is 1.99. The van der Waals surface area contributed by atoms with Crippen molar-refractivity contribution in [1.82, 2.24) is 0 Å². The van der Waals surface area contributed by atoms with Gasteiger partial charge in [0.15, 0.2) is 9.84 Å². The van der Waals surface area contributed by atoms with E-state index in [4.69, 9.17) is 5.53 Å². The second kappa shape index (κ2) is 4.40. The van der Waals surface area contributed by atoms with E-state index in [-0.39, 0.29) is 4.90 Å². The first-order chi connectivity index (χ1) is 7.68. The molecule has 0 unspecified atom stereocenters. The van der Waals surface area contributed by atoms with E-state index >= 15 is 0 Å². The van der Waals surface area contributed by atoms with Crippen molar-refractivity contribution in [1.29, 1.82) is 0 Å². The Kier molecular flexibility index (Phi) is 3.51. The molecule has 1 aromatic rings.